The maximum Gasteiger partial charge on any atom is 0.309 e. The number of methoxy groups -OCH3 is 1. The molecule has 3 fully saturated rings. The minimum absolute atomic E-state index is 0.0716. The van der Waals surface area contributed by atoms with Gasteiger partial charge in [-0.05, 0) is 80.0 Å². The van der Waals surface area contributed by atoms with Crippen LogP contribution in [0, 0.1) is 45.3 Å². The molecule has 5 nitrogen and oxygen atoms in total. The molecule has 0 aromatic heterocycles. The number of esters is 1. The van der Waals surface area contributed by atoms with E-state index in [1.807, 2.05) is 0 Å². The fraction of sp³-hybridized carbons (Fsp3) is 0.806. The number of fused-ring (bicyclic) bond motifs is 5. The quantitative estimate of drug-likeness (QED) is 0.364. The number of carbonyl (C=O) groups is 2. The fourth-order valence-corrected chi connectivity index (χ4v) is 9.51. The van der Waals surface area contributed by atoms with Gasteiger partial charge in [0.2, 0.25) is 0 Å². The van der Waals surface area contributed by atoms with Gasteiger partial charge >= 0.3 is 5.97 Å². The van der Waals surface area contributed by atoms with Crippen LogP contribution in [0.5, 0.6) is 0 Å². The zero-order chi connectivity index (χ0) is 26.8. The van der Waals surface area contributed by atoms with Crippen molar-refractivity contribution in [3.8, 4) is 0 Å². The standard InChI is InChI=1S/C31H48O5/c1-18(2)22(32)11-9-19(27(35)36-8)26-23(33)17-31(7)21-10-12-24-28(3,4)25(34)14-15-29(24,5)20(21)13-16-30(26,31)6/h10,19-20,22-24,26,32-33H,1,9,11-17H2,2-8H3/t19-,20+,22+,23+,24+,26-,29-,30+,31-/m1/s1. The predicted octanol–water partition coefficient (Wildman–Crippen LogP) is 5.64. The monoisotopic (exact) mass is 500 g/mol. The predicted molar refractivity (Wildman–Crippen MR) is 141 cm³/mol. The van der Waals surface area contributed by atoms with E-state index in [1.165, 1.54) is 12.7 Å². The summed E-state index contributed by atoms with van der Waals surface area (Å²) in [5, 5.41) is 22.0. The molecule has 0 unspecified atom stereocenters. The average Bonchev–Trinajstić information content (AvgIpc) is 3.02. The van der Waals surface area contributed by atoms with E-state index in [0.717, 1.165) is 25.7 Å². The van der Waals surface area contributed by atoms with Gasteiger partial charge < -0.3 is 14.9 Å². The van der Waals surface area contributed by atoms with Gasteiger partial charge in [-0.25, -0.2) is 0 Å². The van der Waals surface area contributed by atoms with E-state index in [9.17, 15) is 19.8 Å². The molecule has 0 bridgehead atoms. The molecule has 9 atom stereocenters. The summed E-state index contributed by atoms with van der Waals surface area (Å²) in [7, 11) is 1.42. The summed E-state index contributed by atoms with van der Waals surface area (Å²) in [5.41, 5.74) is 1.42. The molecule has 202 valence electrons. The lowest BCUT2D eigenvalue weighted by molar-refractivity contribution is -0.154. The van der Waals surface area contributed by atoms with Gasteiger partial charge in [0.1, 0.15) is 5.78 Å². The Morgan fingerprint density at radius 3 is 2.47 bits per heavy atom. The topological polar surface area (TPSA) is 83.8 Å². The number of hydrogen-bond acceptors (Lipinski definition) is 5. The van der Waals surface area contributed by atoms with Crippen LogP contribution >= 0.6 is 0 Å². The SMILES string of the molecule is C=C(C)[C@@H](O)CC[C@@H](C(=O)OC)[C@@H]1[C@@H](O)C[C@]2(C)C3=CC[C@H]4C(C)(C)C(=O)CC[C@]4(C)[C@H]3CC[C@@]12C. The van der Waals surface area contributed by atoms with E-state index < -0.39 is 18.1 Å². The van der Waals surface area contributed by atoms with Crippen LogP contribution in [-0.2, 0) is 14.3 Å². The molecule has 2 N–H and O–H groups in total. The largest absolute Gasteiger partial charge is 0.469 e. The highest BCUT2D eigenvalue weighted by Gasteiger charge is 2.68. The molecule has 4 rings (SSSR count). The van der Waals surface area contributed by atoms with Crippen LogP contribution in [0.2, 0.25) is 0 Å². The highest BCUT2D eigenvalue weighted by Crippen LogP contribution is 2.73. The van der Waals surface area contributed by atoms with Gasteiger partial charge in [-0.15, -0.1) is 0 Å². The molecule has 0 aliphatic heterocycles. The Morgan fingerprint density at radius 1 is 1.19 bits per heavy atom. The van der Waals surface area contributed by atoms with Crippen molar-refractivity contribution in [3.05, 3.63) is 23.8 Å². The van der Waals surface area contributed by atoms with Crippen molar-refractivity contribution in [2.75, 3.05) is 7.11 Å². The third-order valence-electron chi connectivity index (χ3n) is 11.9. The lowest BCUT2D eigenvalue weighted by Gasteiger charge is -2.63. The minimum Gasteiger partial charge on any atom is -0.469 e. The summed E-state index contributed by atoms with van der Waals surface area (Å²) in [6.45, 7) is 16.9. The molecule has 0 amide bonds. The van der Waals surface area contributed by atoms with Crippen LogP contribution in [0.3, 0.4) is 0 Å². The second-order valence-electron chi connectivity index (χ2n) is 13.8. The molecular formula is C31H48O5. The van der Waals surface area contributed by atoms with E-state index in [2.05, 4.69) is 47.3 Å². The summed E-state index contributed by atoms with van der Waals surface area (Å²) < 4.78 is 5.25. The zero-order valence-electron chi connectivity index (χ0n) is 23.5. The first kappa shape index (κ1) is 27.6. The van der Waals surface area contributed by atoms with Crippen LogP contribution in [0.15, 0.2) is 23.8 Å². The summed E-state index contributed by atoms with van der Waals surface area (Å²) in [5.74, 6) is 0.127. The first-order chi connectivity index (χ1) is 16.6. The van der Waals surface area contributed by atoms with E-state index >= 15 is 0 Å². The number of ether oxygens (including phenoxy) is 1. The number of carbonyl (C=O) groups excluding carboxylic acids is 2. The molecule has 0 spiro atoms. The Labute approximate surface area is 217 Å². The lowest BCUT2D eigenvalue weighted by Crippen LogP contribution is -2.57. The number of Topliss-reactive ketones (excluding diaryl/α,β-unsaturated/α-hetero) is 1. The van der Waals surface area contributed by atoms with Crippen molar-refractivity contribution in [1.29, 1.82) is 0 Å². The second-order valence-corrected chi connectivity index (χ2v) is 13.8. The van der Waals surface area contributed by atoms with E-state index in [4.69, 9.17) is 4.74 Å². The van der Waals surface area contributed by atoms with Crippen molar-refractivity contribution in [1.82, 2.24) is 0 Å². The summed E-state index contributed by atoms with van der Waals surface area (Å²) in [4.78, 5) is 25.9. The van der Waals surface area contributed by atoms with Crippen LogP contribution in [-0.4, -0.2) is 41.3 Å². The molecule has 4 aliphatic carbocycles. The number of allylic oxidation sites excluding steroid dienone is 2. The molecule has 0 aromatic rings. The third-order valence-corrected chi connectivity index (χ3v) is 11.9. The van der Waals surface area contributed by atoms with Gasteiger partial charge in [0.25, 0.3) is 0 Å². The van der Waals surface area contributed by atoms with E-state index in [1.54, 1.807) is 6.92 Å². The summed E-state index contributed by atoms with van der Waals surface area (Å²) >= 11 is 0. The first-order valence-corrected chi connectivity index (χ1v) is 14.0. The van der Waals surface area contributed by atoms with Gasteiger partial charge in [-0.3, -0.25) is 9.59 Å². The van der Waals surface area contributed by atoms with Gasteiger partial charge in [0.15, 0.2) is 0 Å². The van der Waals surface area contributed by atoms with Crippen LogP contribution in [0.1, 0.15) is 92.9 Å². The van der Waals surface area contributed by atoms with Gasteiger partial charge in [-0.1, -0.05) is 58.4 Å². The van der Waals surface area contributed by atoms with E-state index in [0.29, 0.717) is 48.9 Å². The fourth-order valence-electron chi connectivity index (χ4n) is 9.51. The van der Waals surface area contributed by atoms with Crippen LogP contribution in [0.4, 0.5) is 0 Å². The lowest BCUT2D eigenvalue weighted by atomic mass is 9.41. The van der Waals surface area contributed by atoms with E-state index in [-0.39, 0.29) is 33.5 Å². The summed E-state index contributed by atoms with van der Waals surface area (Å²) in [6, 6.07) is 0. The summed E-state index contributed by atoms with van der Waals surface area (Å²) in [6.07, 6.45) is 7.11. The Balaban J connectivity index is 1.71. The van der Waals surface area contributed by atoms with Crippen molar-refractivity contribution in [2.45, 2.75) is 105 Å². The Hall–Kier alpha value is -1.46. The highest BCUT2D eigenvalue weighted by atomic mass is 16.5. The normalized spacial score (nSPS) is 42.9. The number of aliphatic hydroxyl groups is 2. The molecule has 5 heteroatoms. The van der Waals surface area contributed by atoms with Crippen LogP contribution in [0.25, 0.3) is 0 Å². The minimum atomic E-state index is -0.666. The highest BCUT2D eigenvalue weighted by molar-refractivity contribution is 5.85. The zero-order valence-corrected chi connectivity index (χ0v) is 23.5. The smallest absolute Gasteiger partial charge is 0.309 e. The number of ketones is 1. The third kappa shape index (κ3) is 3.78. The molecule has 3 saturated carbocycles. The van der Waals surface area contributed by atoms with Gasteiger partial charge in [0.05, 0.1) is 25.2 Å². The van der Waals surface area contributed by atoms with Crippen molar-refractivity contribution < 1.29 is 24.5 Å². The van der Waals surface area contributed by atoms with Gasteiger partial charge in [-0.2, -0.15) is 0 Å². The number of rotatable bonds is 6. The molecule has 0 heterocycles. The molecule has 0 saturated heterocycles. The maximum atomic E-state index is 13.1. The molecule has 0 radical (unpaired) electrons. The van der Waals surface area contributed by atoms with Gasteiger partial charge in [0, 0.05) is 17.8 Å². The average molecular weight is 501 g/mol. The first-order valence-electron chi connectivity index (χ1n) is 14.0. The second kappa shape index (κ2) is 9.08. The number of aliphatic hydroxyl groups excluding tert-OH is 2. The van der Waals surface area contributed by atoms with Crippen LogP contribution < -0.4 is 0 Å². The Kier molecular flexibility index (Phi) is 6.95. The Morgan fingerprint density at radius 2 is 1.86 bits per heavy atom. The molecule has 0 aromatic carbocycles. The number of hydrogen-bond donors (Lipinski definition) is 2. The van der Waals surface area contributed by atoms with Crippen molar-refractivity contribution in [3.63, 3.8) is 0 Å². The van der Waals surface area contributed by atoms with Crippen molar-refractivity contribution in [2.24, 2.45) is 45.3 Å². The molecule has 36 heavy (non-hydrogen) atoms. The molecule has 4 aliphatic rings. The Bertz CT molecular complexity index is 964. The van der Waals surface area contributed by atoms with Crippen molar-refractivity contribution >= 4 is 11.8 Å². The molecular weight excluding hydrogens is 452 g/mol. The maximum absolute atomic E-state index is 13.1.